The van der Waals surface area contributed by atoms with Crippen LogP contribution in [-0.4, -0.2) is 42.2 Å². The van der Waals surface area contributed by atoms with Gasteiger partial charge in [0.2, 0.25) is 0 Å². The Morgan fingerprint density at radius 2 is 2.00 bits per heavy atom. The van der Waals surface area contributed by atoms with Crippen molar-refractivity contribution in [2.24, 2.45) is 0 Å². The third kappa shape index (κ3) is 6.06. The number of hydrogen-bond donors (Lipinski definition) is 1. The highest BCUT2D eigenvalue weighted by Crippen LogP contribution is 2.16. The fourth-order valence-corrected chi connectivity index (χ4v) is 1.96. The topological polar surface area (TPSA) is 49.8 Å². The summed E-state index contributed by atoms with van der Waals surface area (Å²) in [6.45, 7) is 9.22. The molecular weight excluding hydrogens is 254 g/mol. The van der Waals surface area contributed by atoms with E-state index in [2.05, 4.69) is 30.9 Å². The summed E-state index contributed by atoms with van der Waals surface area (Å²) in [4.78, 5) is 12.7. The van der Waals surface area contributed by atoms with E-state index in [4.69, 9.17) is 9.84 Å². The van der Waals surface area contributed by atoms with Crippen LogP contribution in [0.4, 0.5) is 0 Å². The molecule has 0 aromatic heterocycles. The lowest BCUT2D eigenvalue weighted by Crippen LogP contribution is -2.28. The van der Waals surface area contributed by atoms with Gasteiger partial charge in [-0.1, -0.05) is 13.0 Å². The highest BCUT2D eigenvalue weighted by Gasteiger charge is 2.05. The highest BCUT2D eigenvalue weighted by atomic mass is 16.5. The molecule has 1 N–H and O–H groups in total. The van der Waals surface area contributed by atoms with Crippen LogP contribution in [0.1, 0.15) is 30.9 Å². The van der Waals surface area contributed by atoms with Gasteiger partial charge in [-0.25, -0.2) is 0 Å². The van der Waals surface area contributed by atoms with Crippen LogP contribution in [0.25, 0.3) is 0 Å². The van der Waals surface area contributed by atoms with E-state index in [0.29, 0.717) is 13.2 Å². The molecule has 0 fully saturated rings. The van der Waals surface area contributed by atoms with Crippen LogP contribution < -0.4 is 4.74 Å². The summed E-state index contributed by atoms with van der Waals surface area (Å²) in [5, 5.41) is 8.68. The second kappa shape index (κ2) is 8.59. The Kier molecular flexibility index (Phi) is 7.09. The largest absolute Gasteiger partial charge is 0.494 e. The van der Waals surface area contributed by atoms with Gasteiger partial charge in [-0.15, -0.1) is 0 Å². The molecule has 0 bridgehead atoms. The third-order valence-corrected chi connectivity index (χ3v) is 3.45. The summed E-state index contributed by atoms with van der Waals surface area (Å²) in [6, 6.07) is 6.11. The van der Waals surface area contributed by atoms with Crippen LogP contribution in [0.15, 0.2) is 18.2 Å². The number of rotatable bonds is 9. The summed E-state index contributed by atoms with van der Waals surface area (Å²) in [7, 11) is 0. The molecule has 0 aliphatic carbocycles. The minimum absolute atomic E-state index is 0.200. The molecule has 0 saturated heterocycles. The van der Waals surface area contributed by atoms with Crippen molar-refractivity contribution in [2.45, 2.75) is 33.6 Å². The first kappa shape index (κ1) is 16.5. The number of carbonyl (C=O) groups is 1. The highest BCUT2D eigenvalue weighted by molar-refractivity contribution is 5.66. The zero-order valence-electron chi connectivity index (χ0n) is 12.7. The second-order valence-electron chi connectivity index (χ2n) is 5.03. The predicted molar refractivity (Wildman–Crippen MR) is 80.4 cm³/mol. The van der Waals surface area contributed by atoms with Gasteiger partial charge >= 0.3 is 5.97 Å². The number of nitrogens with zero attached hydrogens (tertiary/aromatic N) is 1. The SMILES string of the molecule is CCN(CCCOc1ccc(C)c(C)c1)CCC(=O)O. The molecule has 0 atom stereocenters. The summed E-state index contributed by atoms with van der Waals surface area (Å²) < 4.78 is 5.72. The van der Waals surface area contributed by atoms with Crippen LogP contribution in [-0.2, 0) is 4.79 Å². The van der Waals surface area contributed by atoms with Crippen molar-refractivity contribution < 1.29 is 14.6 Å². The summed E-state index contributed by atoms with van der Waals surface area (Å²) >= 11 is 0. The van der Waals surface area contributed by atoms with Crippen LogP contribution in [0.2, 0.25) is 0 Å². The first-order valence-corrected chi connectivity index (χ1v) is 7.17. The lowest BCUT2D eigenvalue weighted by Gasteiger charge is -2.19. The number of benzene rings is 1. The fraction of sp³-hybridized carbons (Fsp3) is 0.562. The molecule has 0 spiro atoms. The Morgan fingerprint density at radius 1 is 1.25 bits per heavy atom. The predicted octanol–water partition coefficient (Wildman–Crippen LogP) is 2.87. The van der Waals surface area contributed by atoms with Crippen LogP contribution in [0.5, 0.6) is 5.75 Å². The van der Waals surface area contributed by atoms with Crippen molar-refractivity contribution in [3.8, 4) is 5.75 Å². The zero-order chi connectivity index (χ0) is 15.0. The molecule has 20 heavy (non-hydrogen) atoms. The van der Waals surface area contributed by atoms with E-state index >= 15 is 0 Å². The quantitative estimate of drug-likeness (QED) is 0.706. The number of aliphatic carboxylic acids is 1. The van der Waals surface area contributed by atoms with Gasteiger partial charge in [-0.3, -0.25) is 4.79 Å². The Hall–Kier alpha value is -1.55. The van der Waals surface area contributed by atoms with Gasteiger partial charge < -0.3 is 14.7 Å². The van der Waals surface area contributed by atoms with Crippen molar-refractivity contribution in [1.82, 2.24) is 4.90 Å². The van der Waals surface area contributed by atoms with Gasteiger partial charge in [0.15, 0.2) is 0 Å². The molecule has 4 heteroatoms. The monoisotopic (exact) mass is 279 g/mol. The zero-order valence-corrected chi connectivity index (χ0v) is 12.7. The number of ether oxygens (including phenoxy) is 1. The molecule has 112 valence electrons. The van der Waals surface area contributed by atoms with Gasteiger partial charge in [0.05, 0.1) is 13.0 Å². The molecule has 1 rings (SSSR count). The van der Waals surface area contributed by atoms with Crippen LogP contribution >= 0.6 is 0 Å². The Balaban J connectivity index is 2.25. The molecule has 0 aliphatic rings. The molecule has 0 heterocycles. The van der Waals surface area contributed by atoms with E-state index in [0.717, 1.165) is 25.3 Å². The van der Waals surface area contributed by atoms with Gasteiger partial charge in [0, 0.05) is 13.1 Å². The molecule has 1 aromatic rings. The minimum Gasteiger partial charge on any atom is -0.494 e. The van der Waals surface area contributed by atoms with Crippen molar-refractivity contribution in [2.75, 3.05) is 26.2 Å². The average molecular weight is 279 g/mol. The smallest absolute Gasteiger partial charge is 0.304 e. The Morgan fingerprint density at radius 3 is 2.60 bits per heavy atom. The summed E-state index contributed by atoms with van der Waals surface area (Å²) in [5.74, 6) is 0.163. The second-order valence-corrected chi connectivity index (χ2v) is 5.03. The van der Waals surface area contributed by atoms with Gasteiger partial charge in [-0.2, -0.15) is 0 Å². The van der Waals surface area contributed by atoms with Gasteiger partial charge in [0.1, 0.15) is 5.75 Å². The number of aryl methyl sites for hydroxylation is 2. The molecule has 1 aromatic carbocycles. The summed E-state index contributed by atoms with van der Waals surface area (Å²) in [5.41, 5.74) is 2.50. The standard InChI is InChI=1S/C16H25NO3/c1-4-17(10-8-16(18)19)9-5-11-20-15-7-6-13(2)14(3)12-15/h6-7,12H,4-5,8-11H2,1-3H3,(H,18,19). The van der Waals surface area contributed by atoms with Crippen LogP contribution in [0.3, 0.4) is 0 Å². The number of carboxylic acids is 1. The maximum absolute atomic E-state index is 10.5. The lowest BCUT2D eigenvalue weighted by molar-refractivity contribution is -0.137. The minimum atomic E-state index is -0.741. The van der Waals surface area contributed by atoms with Crippen LogP contribution in [0, 0.1) is 13.8 Å². The molecule has 0 aliphatic heterocycles. The molecule has 0 amide bonds. The van der Waals surface area contributed by atoms with E-state index in [9.17, 15) is 4.79 Å². The Bertz CT molecular complexity index is 432. The maximum atomic E-state index is 10.5. The first-order chi connectivity index (χ1) is 9.52. The third-order valence-electron chi connectivity index (χ3n) is 3.45. The van der Waals surface area contributed by atoms with E-state index < -0.39 is 5.97 Å². The van der Waals surface area contributed by atoms with Crippen molar-refractivity contribution in [3.05, 3.63) is 29.3 Å². The van der Waals surface area contributed by atoms with Gasteiger partial charge in [-0.05, 0) is 50.1 Å². The molecule has 4 nitrogen and oxygen atoms in total. The van der Waals surface area contributed by atoms with E-state index in [1.165, 1.54) is 11.1 Å². The van der Waals surface area contributed by atoms with Crippen molar-refractivity contribution in [1.29, 1.82) is 0 Å². The van der Waals surface area contributed by atoms with E-state index in [1.54, 1.807) is 0 Å². The van der Waals surface area contributed by atoms with Crippen molar-refractivity contribution in [3.63, 3.8) is 0 Å². The number of carboxylic acid groups (broad SMARTS) is 1. The van der Waals surface area contributed by atoms with E-state index in [1.807, 2.05) is 13.0 Å². The van der Waals surface area contributed by atoms with Crippen molar-refractivity contribution >= 4 is 5.97 Å². The molecular formula is C16H25NO3. The Labute approximate surface area is 121 Å². The molecule has 0 radical (unpaired) electrons. The summed E-state index contributed by atoms with van der Waals surface area (Å²) in [6.07, 6.45) is 1.10. The lowest BCUT2D eigenvalue weighted by atomic mass is 10.1. The maximum Gasteiger partial charge on any atom is 0.304 e. The molecule has 0 saturated carbocycles. The first-order valence-electron chi connectivity index (χ1n) is 7.17. The average Bonchev–Trinajstić information content (AvgIpc) is 2.41. The fourth-order valence-electron chi connectivity index (χ4n) is 1.96. The van der Waals surface area contributed by atoms with Gasteiger partial charge in [0.25, 0.3) is 0 Å². The molecule has 0 unspecified atom stereocenters. The van der Waals surface area contributed by atoms with E-state index in [-0.39, 0.29) is 6.42 Å². The normalized spacial score (nSPS) is 10.8. The number of hydrogen-bond acceptors (Lipinski definition) is 3.